The Morgan fingerprint density at radius 1 is 0.769 bits per heavy atom. The summed E-state index contributed by atoms with van der Waals surface area (Å²) in [6, 6.07) is 0. The van der Waals surface area contributed by atoms with Crippen LogP contribution >= 0.6 is 11.8 Å². The van der Waals surface area contributed by atoms with E-state index >= 15 is 0 Å². The number of rotatable bonds is 8. The van der Waals surface area contributed by atoms with Gasteiger partial charge in [0.25, 0.3) is 0 Å². The van der Waals surface area contributed by atoms with Crippen LogP contribution in [0, 0.1) is 0 Å². The van der Waals surface area contributed by atoms with Crippen molar-refractivity contribution in [1.82, 2.24) is 0 Å². The maximum absolute atomic E-state index is 2.29. The third kappa shape index (κ3) is 4.95. The molecule has 0 radical (unpaired) electrons. The molecule has 1 aliphatic rings. The largest absolute Gasteiger partial charge is 0.153 e. The topological polar surface area (TPSA) is 0 Å². The van der Waals surface area contributed by atoms with E-state index in [-0.39, 0.29) is 0 Å². The van der Waals surface area contributed by atoms with Crippen molar-refractivity contribution in [2.45, 2.75) is 75.7 Å². The molecule has 0 aromatic rings. The SMILES string of the molecule is CCCCCC1SC1CCCCC. The molecule has 0 N–H and O–H groups in total. The minimum atomic E-state index is 1.06. The first kappa shape index (κ1) is 11.4. The fourth-order valence-corrected chi connectivity index (χ4v) is 3.11. The summed E-state index contributed by atoms with van der Waals surface area (Å²) in [6.07, 6.45) is 11.6. The van der Waals surface area contributed by atoms with Crippen LogP contribution in [0.15, 0.2) is 0 Å². The number of hydrogen-bond donors (Lipinski definition) is 0. The van der Waals surface area contributed by atoms with E-state index in [2.05, 4.69) is 25.6 Å². The summed E-state index contributed by atoms with van der Waals surface area (Å²) in [4.78, 5) is 0. The molecule has 1 fully saturated rings. The summed E-state index contributed by atoms with van der Waals surface area (Å²) in [5.41, 5.74) is 0. The minimum Gasteiger partial charge on any atom is -0.153 e. The van der Waals surface area contributed by atoms with Gasteiger partial charge in [0.15, 0.2) is 0 Å². The van der Waals surface area contributed by atoms with Gasteiger partial charge in [0.05, 0.1) is 0 Å². The number of unbranched alkanes of at least 4 members (excludes halogenated alkanes) is 4. The van der Waals surface area contributed by atoms with Crippen LogP contribution in [-0.2, 0) is 0 Å². The quantitative estimate of drug-likeness (QED) is 0.406. The number of hydrogen-bond acceptors (Lipinski definition) is 1. The second-order valence-corrected chi connectivity index (χ2v) is 5.69. The van der Waals surface area contributed by atoms with Crippen LogP contribution in [0.2, 0.25) is 0 Å². The Hall–Kier alpha value is 0.350. The molecule has 0 aromatic heterocycles. The molecule has 1 saturated heterocycles. The van der Waals surface area contributed by atoms with Gasteiger partial charge in [-0.3, -0.25) is 0 Å². The van der Waals surface area contributed by atoms with Gasteiger partial charge in [0.2, 0.25) is 0 Å². The Morgan fingerprint density at radius 3 is 1.62 bits per heavy atom. The van der Waals surface area contributed by atoms with Crippen molar-refractivity contribution in [3.05, 3.63) is 0 Å². The van der Waals surface area contributed by atoms with Crippen molar-refractivity contribution in [3.8, 4) is 0 Å². The van der Waals surface area contributed by atoms with E-state index in [1.807, 2.05) is 0 Å². The van der Waals surface area contributed by atoms with E-state index in [9.17, 15) is 0 Å². The molecule has 0 spiro atoms. The van der Waals surface area contributed by atoms with Crippen LogP contribution in [0.4, 0.5) is 0 Å². The van der Waals surface area contributed by atoms with Crippen molar-refractivity contribution >= 4 is 11.8 Å². The zero-order valence-corrected chi connectivity index (χ0v) is 10.0. The van der Waals surface area contributed by atoms with Crippen molar-refractivity contribution in [2.75, 3.05) is 0 Å². The van der Waals surface area contributed by atoms with Gasteiger partial charge in [0.1, 0.15) is 0 Å². The molecular formula is C12H24S. The van der Waals surface area contributed by atoms with E-state index < -0.39 is 0 Å². The molecule has 1 heteroatoms. The highest BCUT2D eigenvalue weighted by Gasteiger charge is 2.36. The highest BCUT2D eigenvalue weighted by Crippen LogP contribution is 2.47. The Morgan fingerprint density at radius 2 is 1.23 bits per heavy atom. The lowest BCUT2D eigenvalue weighted by Crippen LogP contribution is -1.94. The van der Waals surface area contributed by atoms with Crippen LogP contribution in [0.25, 0.3) is 0 Å². The molecule has 0 nitrogen and oxygen atoms in total. The molecule has 2 atom stereocenters. The molecule has 0 bridgehead atoms. The maximum Gasteiger partial charge on any atom is 0.0169 e. The standard InChI is InChI=1S/C12H24S/c1-3-5-7-9-11-12(13-11)10-8-6-4-2/h11-12H,3-10H2,1-2H3. The molecule has 78 valence electrons. The highest BCUT2D eigenvalue weighted by molar-refractivity contribution is 8.07. The van der Waals surface area contributed by atoms with Crippen LogP contribution < -0.4 is 0 Å². The predicted octanol–water partition coefficient (Wildman–Crippen LogP) is 4.63. The lowest BCUT2D eigenvalue weighted by atomic mass is 10.1. The average molecular weight is 200 g/mol. The Kier molecular flexibility index (Phi) is 5.93. The molecule has 0 saturated carbocycles. The van der Waals surface area contributed by atoms with E-state index in [0.717, 1.165) is 10.5 Å². The second-order valence-electron chi connectivity index (χ2n) is 4.20. The predicted molar refractivity (Wildman–Crippen MR) is 63.5 cm³/mol. The van der Waals surface area contributed by atoms with Gasteiger partial charge >= 0.3 is 0 Å². The van der Waals surface area contributed by atoms with Gasteiger partial charge in [0, 0.05) is 10.5 Å². The fourth-order valence-electron chi connectivity index (χ4n) is 1.88. The average Bonchev–Trinajstić information content (AvgIpc) is 2.85. The Bertz CT molecular complexity index is 108. The zero-order valence-electron chi connectivity index (χ0n) is 9.22. The van der Waals surface area contributed by atoms with Crippen molar-refractivity contribution < 1.29 is 0 Å². The molecule has 2 unspecified atom stereocenters. The van der Waals surface area contributed by atoms with Gasteiger partial charge in [-0.05, 0) is 12.8 Å². The van der Waals surface area contributed by atoms with E-state index in [4.69, 9.17) is 0 Å². The van der Waals surface area contributed by atoms with Gasteiger partial charge in [-0.15, -0.1) is 0 Å². The third-order valence-electron chi connectivity index (χ3n) is 2.87. The second kappa shape index (κ2) is 6.75. The first-order valence-electron chi connectivity index (χ1n) is 6.04. The Labute approximate surface area is 87.9 Å². The Balaban J connectivity index is 1.85. The lowest BCUT2D eigenvalue weighted by molar-refractivity contribution is 0.619. The van der Waals surface area contributed by atoms with E-state index in [1.54, 1.807) is 0 Å². The fraction of sp³-hybridized carbons (Fsp3) is 1.00. The summed E-state index contributed by atoms with van der Waals surface area (Å²) in [5, 5.41) is 2.12. The molecule has 0 aliphatic carbocycles. The summed E-state index contributed by atoms with van der Waals surface area (Å²) in [6.45, 7) is 4.58. The van der Waals surface area contributed by atoms with Gasteiger partial charge < -0.3 is 0 Å². The van der Waals surface area contributed by atoms with E-state index in [0.29, 0.717) is 0 Å². The molecular weight excluding hydrogens is 176 g/mol. The minimum absolute atomic E-state index is 1.06. The first-order valence-corrected chi connectivity index (χ1v) is 6.98. The zero-order chi connectivity index (χ0) is 9.52. The molecule has 1 heterocycles. The van der Waals surface area contributed by atoms with Crippen LogP contribution in [0.3, 0.4) is 0 Å². The summed E-state index contributed by atoms with van der Waals surface area (Å²) in [7, 11) is 0. The monoisotopic (exact) mass is 200 g/mol. The lowest BCUT2D eigenvalue weighted by Gasteiger charge is -1.97. The van der Waals surface area contributed by atoms with E-state index in [1.165, 1.54) is 51.4 Å². The van der Waals surface area contributed by atoms with Gasteiger partial charge in [-0.1, -0.05) is 52.4 Å². The summed E-state index contributed by atoms with van der Waals surface area (Å²) >= 11 is 2.24. The van der Waals surface area contributed by atoms with Crippen molar-refractivity contribution in [2.24, 2.45) is 0 Å². The summed E-state index contributed by atoms with van der Waals surface area (Å²) in [5.74, 6) is 0. The smallest absolute Gasteiger partial charge is 0.0169 e. The highest BCUT2D eigenvalue weighted by atomic mass is 32.2. The maximum atomic E-state index is 2.29. The normalized spacial score (nSPS) is 26.3. The number of thioether (sulfide) groups is 1. The van der Waals surface area contributed by atoms with Crippen molar-refractivity contribution in [1.29, 1.82) is 0 Å². The molecule has 1 aliphatic heterocycles. The van der Waals surface area contributed by atoms with Crippen molar-refractivity contribution in [3.63, 3.8) is 0 Å². The van der Waals surface area contributed by atoms with Crippen LogP contribution in [0.5, 0.6) is 0 Å². The molecule has 0 amide bonds. The van der Waals surface area contributed by atoms with Crippen LogP contribution in [0.1, 0.15) is 65.2 Å². The molecule has 0 aromatic carbocycles. The summed E-state index contributed by atoms with van der Waals surface area (Å²) < 4.78 is 0. The molecule has 1 rings (SSSR count). The first-order chi connectivity index (χ1) is 6.38. The van der Waals surface area contributed by atoms with Gasteiger partial charge in [-0.25, -0.2) is 0 Å². The van der Waals surface area contributed by atoms with Crippen LogP contribution in [-0.4, -0.2) is 10.5 Å². The third-order valence-corrected chi connectivity index (χ3v) is 4.39. The van der Waals surface area contributed by atoms with Gasteiger partial charge in [-0.2, -0.15) is 11.8 Å². The molecule has 13 heavy (non-hydrogen) atoms.